The lowest BCUT2D eigenvalue weighted by atomic mass is 10.1. The number of aliphatic hydroxyl groups excluding tert-OH is 1. The molecule has 3 heterocycles. The molecule has 2 fully saturated rings. The van der Waals surface area contributed by atoms with Crippen LogP contribution >= 0.6 is 11.6 Å². The second-order valence-corrected chi connectivity index (χ2v) is 5.86. The largest absolute Gasteiger partial charge is 0.394 e. The fraction of sp³-hybridized carbons (Fsp3) is 0.667. The molecule has 0 radical (unpaired) electrons. The van der Waals surface area contributed by atoms with Crippen molar-refractivity contribution < 1.29 is 19.3 Å². The summed E-state index contributed by atoms with van der Waals surface area (Å²) in [6, 6.07) is 0. The molecule has 4 atom stereocenters. The molecule has 0 aliphatic carbocycles. The molecule has 2 aliphatic heterocycles. The van der Waals surface area contributed by atoms with E-state index in [1.54, 1.807) is 13.8 Å². The number of ether oxygens (including phenoxy) is 3. The summed E-state index contributed by atoms with van der Waals surface area (Å²) in [5.41, 5.74) is -1.34. The van der Waals surface area contributed by atoms with Gasteiger partial charge in [-0.25, -0.2) is 4.79 Å². The van der Waals surface area contributed by atoms with Crippen molar-refractivity contribution in [3.8, 4) is 0 Å². The maximum Gasteiger partial charge on any atom is 0.330 e. The molecule has 21 heavy (non-hydrogen) atoms. The van der Waals surface area contributed by atoms with Crippen LogP contribution in [0.2, 0.25) is 5.02 Å². The monoisotopic (exact) mass is 318 g/mol. The molecular weight excluding hydrogens is 304 g/mol. The Morgan fingerprint density at radius 1 is 1.38 bits per heavy atom. The SMILES string of the molecule is CC1(C)O[C@@H]2[C@H](O1)[C@@H](CO)O[C@H]2n1cc(Cl)c(=O)[nH]c1=O. The fourth-order valence-corrected chi connectivity index (χ4v) is 2.83. The lowest BCUT2D eigenvalue weighted by molar-refractivity contribution is -0.200. The molecule has 0 unspecified atom stereocenters. The summed E-state index contributed by atoms with van der Waals surface area (Å²) in [6.45, 7) is 3.20. The van der Waals surface area contributed by atoms with Gasteiger partial charge in [-0.15, -0.1) is 0 Å². The molecule has 1 aromatic heterocycles. The van der Waals surface area contributed by atoms with E-state index in [9.17, 15) is 14.7 Å². The molecule has 2 saturated heterocycles. The summed E-state index contributed by atoms with van der Waals surface area (Å²) in [7, 11) is 0. The third-order valence-electron chi connectivity index (χ3n) is 3.50. The number of hydrogen-bond donors (Lipinski definition) is 2. The molecule has 116 valence electrons. The van der Waals surface area contributed by atoms with E-state index in [0.717, 1.165) is 4.57 Å². The Morgan fingerprint density at radius 3 is 2.71 bits per heavy atom. The van der Waals surface area contributed by atoms with Crippen LogP contribution < -0.4 is 11.2 Å². The average molecular weight is 319 g/mol. The average Bonchev–Trinajstić information content (AvgIpc) is 2.87. The molecule has 1 aromatic rings. The number of nitrogens with zero attached hydrogens (tertiary/aromatic N) is 1. The number of aromatic nitrogens is 2. The Hall–Kier alpha value is -1.19. The lowest BCUT2D eigenvalue weighted by Crippen LogP contribution is -2.37. The van der Waals surface area contributed by atoms with Gasteiger partial charge >= 0.3 is 5.69 Å². The number of rotatable bonds is 2. The molecule has 8 nitrogen and oxygen atoms in total. The molecule has 3 rings (SSSR count). The third-order valence-corrected chi connectivity index (χ3v) is 3.77. The third kappa shape index (κ3) is 2.43. The standard InChI is InChI=1S/C12H15ClN2O6/c1-12(2)20-7-6(4-16)19-10(8(7)21-12)15-3-5(13)9(17)14-11(15)18/h3,6-8,10,16H,4H2,1-2H3,(H,14,17,18)/t6-,7-,8-,10-/m1/s1. The van der Waals surface area contributed by atoms with Crippen LogP contribution in [0.4, 0.5) is 0 Å². The molecule has 9 heteroatoms. The smallest absolute Gasteiger partial charge is 0.330 e. The van der Waals surface area contributed by atoms with Crippen LogP contribution in [0.25, 0.3) is 0 Å². The predicted molar refractivity (Wildman–Crippen MR) is 71.2 cm³/mol. The molecule has 2 aliphatic rings. The summed E-state index contributed by atoms with van der Waals surface area (Å²) in [5, 5.41) is 9.25. The minimum atomic E-state index is -0.847. The van der Waals surface area contributed by atoms with Gasteiger partial charge in [0, 0.05) is 6.20 Å². The van der Waals surface area contributed by atoms with Gasteiger partial charge in [-0.05, 0) is 13.8 Å². The number of aromatic amines is 1. The van der Waals surface area contributed by atoms with Crippen LogP contribution in [-0.4, -0.2) is 45.4 Å². The number of H-pyrrole nitrogens is 1. The Bertz CT molecular complexity index is 668. The zero-order valence-electron chi connectivity index (χ0n) is 11.4. The highest BCUT2D eigenvalue weighted by atomic mass is 35.5. The number of nitrogens with one attached hydrogen (secondary N) is 1. The zero-order valence-corrected chi connectivity index (χ0v) is 12.2. The number of aliphatic hydroxyl groups is 1. The normalized spacial score (nSPS) is 34.1. The maximum absolute atomic E-state index is 11.9. The van der Waals surface area contributed by atoms with Crippen molar-refractivity contribution in [3.63, 3.8) is 0 Å². The van der Waals surface area contributed by atoms with Crippen molar-refractivity contribution in [2.45, 2.75) is 44.2 Å². The first kappa shape index (κ1) is 14.7. The molecule has 2 N–H and O–H groups in total. The first-order valence-electron chi connectivity index (χ1n) is 6.45. The Labute approximate surface area is 124 Å². The molecule has 0 amide bonds. The topological polar surface area (TPSA) is 103 Å². The van der Waals surface area contributed by atoms with Crippen LogP contribution in [-0.2, 0) is 14.2 Å². The lowest BCUT2D eigenvalue weighted by Gasteiger charge is -2.24. The summed E-state index contributed by atoms with van der Waals surface area (Å²) in [6.07, 6.45) is -1.36. The van der Waals surface area contributed by atoms with Crippen molar-refractivity contribution in [1.29, 1.82) is 0 Å². The number of halogens is 1. The minimum Gasteiger partial charge on any atom is -0.394 e. The molecule has 0 bridgehead atoms. The first-order chi connectivity index (χ1) is 9.82. The summed E-state index contributed by atoms with van der Waals surface area (Å²) in [4.78, 5) is 25.4. The second kappa shape index (κ2) is 4.92. The van der Waals surface area contributed by atoms with Crippen LogP contribution in [0.1, 0.15) is 20.1 Å². The van der Waals surface area contributed by atoms with Gasteiger partial charge in [-0.2, -0.15) is 0 Å². The molecule has 0 saturated carbocycles. The second-order valence-electron chi connectivity index (χ2n) is 5.46. The summed E-state index contributed by atoms with van der Waals surface area (Å²) >= 11 is 5.75. The van der Waals surface area contributed by atoms with Gasteiger partial charge in [0.15, 0.2) is 12.0 Å². The van der Waals surface area contributed by atoms with E-state index >= 15 is 0 Å². The number of hydrogen-bond acceptors (Lipinski definition) is 6. The van der Waals surface area contributed by atoms with Gasteiger partial charge in [-0.1, -0.05) is 11.6 Å². The van der Waals surface area contributed by atoms with Crippen molar-refractivity contribution in [1.82, 2.24) is 9.55 Å². The Morgan fingerprint density at radius 2 is 2.05 bits per heavy atom. The van der Waals surface area contributed by atoms with E-state index in [2.05, 4.69) is 4.98 Å². The van der Waals surface area contributed by atoms with Gasteiger partial charge in [0.2, 0.25) is 0 Å². The quantitative estimate of drug-likeness (QED) is 0.769. The van der Waals surface area contributed by atoms with Gasteiger partial charge in [0.25, 0.3) is 5.56 Å². The van der Waals surface area contributed by atoms with Gasteiger partial charge in [0.05, 0.1) is 6.61 Å². The van der Waals surface area contributed by atoms with Crippen LogP contribution in [0.5, 0.6) is 0 Å². The van der Waals surface area contributed by atoms with Gasteiger partial charge < -0.3 is 19.3 Å². The number of fused-ring (bicyclic) bond motifs is 1. The van der Waals surface area contributed by atoms with Crippen LogP contribution in [0.15, 0.2) is 15.8 Å². The highest BCUT2D eigenvalue weighted by Gasteiger charge is 2.55. The van der Waals surface area contributed by atoms with Gasteiger partial charge in [0.1, 0.15) is 23.3 Å². The van der Waals surface area contributed by atoms with E-state index in [1.165, 1.54) is 6.20 Å². The van der Waals surface area contributed by atoms with E-state index in [-0.39, 0.29) is 11.6 Å². The predicted octanol–water partition coefficient (Wildman–Crippen LogP) is -0.400. The first-order valence-corrected chi connectivity index (χ1v) is 6.83. The van der Waals surface area contributed by atoms with E-state index in [4.69, 9.17) is 25.8 Å². The fourth-order valence-electron chi connectivity index (χ4n) is 2.68. The van der Waals surface area contributed by atoms with Crippen molar-refractivity contribution in [2.24, 2.45) is 0 Å². The summed E-state index contributed by atoms with van der Waals surface area (Å²) < 4.78 is 18.2. The molecule has 0 spiro atoms. The minimum absolute atomic E-state index is 0.139. The van der Waals surface area contributed by atoms with Gasteiger partial charge in [-0.3, -0.25) is 14.3 Å². The van der Waals surface area contributed by atoms with Crippen molar-refractivity contribution in [3.05, 3.63) is 32.1 Å². The highest BCUT2D eigenvalue weighted by molar-refractivity contribution is 6.30. The van der Waals surface area contributed by atoms with Crippen molar-refractivity contribution >= 4 is 11.6 Å². The maximum atomic E-state index is 11.9. The van der Waals surface area contributed by atoms with Crippen LogP contribution in [0.3, 0.4) is 0 Å². The highest BCUT2D eigenvalue weighted by Crippen LogP contribution is 2.42. The summed E-state index contributed by atoms with van der Waals surface area (Å²) in [5.74, 6) is -0.847. The van der Waals surface area contributed by atoms with Crippen molar-refractivity contribution in [2.75, 3.05) is 6.61 Å². The Kier molecular flexibility index (Phi) is 3.45. The Balaban J connectivity index is 2.01. The molecular formula is C12H15ClN2O6. The zero-order chi connectivity index (χ0) is 15.4. The molecule has 0 aromatic carbocycles. The van der Waals surface area contributed by atoms with E-state index in [1.807, 2.05) is 0 Å². The van der Waals surface area contributed by atoms with E-state index in [0.29, 0.717) is 0 Å². The van der Waals surface area contributed by atoms with Crippen LogP contribution in [0, 0.1) is 0 Å². The van der Waals surface area contributed by atoms with E-state index < -0.39 is 41.6 Å².